The van der Waals surface area contributed by atoms with E-state index in [1.807, 2.05) is 24.3 Å². The van der Waals surface area contributed by atoms with E-state index >= 15 is 0 Å². The van der Waals surface area contributed by atoms with Crippen molar-refractivity contribution in [2.24, 2.45) is 0 Å². The van der Waals surface area contributed by atoms with Crippen LogP contribution in [0.5, 0.6) is 0 Å². The van der Waals surface area contributed by atoms with E-state index in [4.69, 9.17) is 4.74 Å². The first-order valence-electron chi connectivity index (χ1n) is 14.2. The number of halogens is 3. The molecule has 2 heterocycles. The Balaban J connectivity index is 1.68. The highest BCUT2D eigenvalue weighted by atomic mass is 19.4. The summed E-state index contributed by atoms with van der Waals surface area (Å²) in [5, 5.41) is 6.38. The second kappa shape index (κ2) is 12.3. The maximum absolute atomic E-state index is 14.3. The number of rotatable bonds is 9. The van der Waals surface area contributed by atoms with Crippen molar-refractivity contribution in [3.63, 3.8) is 0 Å². The fourth-order valence-electron chi connectivity index (χ4n) is 5.36. The highest BCUT2D eigenvalue weighted by molar-refractivity contribution is 6.08. The number of fused-ring (bicyclic) bond motifs is 2. The summed E-state index contributed by atoms with van der Waals surface area (Å²) in [5.41, 5.74) is 1.66. The number of para-hydroxylation sites is 1. The molecule has 5 rings (SSSR count). The van der Waals surface area contributed by atoms with E-state index in [0.717, 1.165) is 51.9 Å². The molecule has 228 valence electrons. The number of nitrogens with zero attached hydrogens (tertiary/aromatic N) is 3. The number of hydrogen-bond acceptors (Lipinski definition) is 6. The molecule has 2 atom stereocenters. The first-order valence-corrected chi connectivity index (χ1v) is 14.2. The molecule has 2 aromatic carbocycles. The van der Waals surface area contributed by atoms with Gasteiger partial charge in [0, 0.05) is 18.7 Å². The van der Waals surface area contributed by atoms with E-state index in [1.165, 1.54) is 18.1 Å². The largest absolute Gasteiger partial charge is 0.416 e. The fraction of sp³-hybridized carbons (Fsp3) is 0.419. The summed E-state index contributed by atoms with van der Waals surface area (Å²) in [4.78, 5) is 47.9. The first kappa shape index (κ1) is 30.4. The number of benzene rings is 2. The van der Waals surface area contributed by atoms with E-state index in [0.29, 0.717) is 0 Å². The van der Waals surface area contributed by atoms with Crippen molar-refractivity contribution < 1.29 is 32.3 Å². The van der Waals surface area contributed by atoms with E-state index < -0.39 is 41.5 Å². The van der Waals surface area contributed by atoms with Gasteiger partial charge in [0.05, 0.1) is 54.6 Å². The maximum atomic E-state index is 14.3. The Bertz CT molecular complexity index is 1540. The van der Waals surface area contributed by atoms with Gasteiger partial charge in [0.25, 0.3) is 5.91 Å². The molecule has 2 aliphatic rings. The number of carbonyl (C=O) groups is 3. The Morgan fingerprint density at radius 3 is 2.56 bits per heavy atom. The third kappa shape index (κ3) is 6.35. The highest BCUT2D eigenvalue weighted by Gasteiger charge is 2.40. The fourth-order valence-corrected chi connectivity index (χ4v) is 5.36. The zero-order chi connectivity index (χ0) is 30.9. The van der Waals surface area contributed by atoms with Gasteiger partial charge in [-0.3, -0.25) is 19.4 Å². The monoisotopic (exact) mass is 597 g/mol. The molecule has 1 fully saturated rings. The van der Waals surface area contributed by atoms with Crippen LogP contribution in [0.4, 0.5) is 24.5 Å². The van der Waals surface area contributed by atoms with Gasteiger partial charge in [-0.2, -0.15) is 13.2 Å². The number of aromatic nitrogens is 1. The highest BCUT2D eigenvalue weighted by Crippen LogP contribution is 2.45. The molecule has 2 N–H and O–H groups in total. The average molecular weight is 598 g/mol. The van der Waals surface area contributed by atoms with Gasteiger partial charge in [-0.05, 0) is 68.1 Å². The number of likely N-dealkylation sites (N-methyl/N-ethyl adjacent to an activating group) is 1. The standard InChI is InChI=1S/C31H34F3N5O4/c1-18(35-2)29(41)37-25-17-38(28(40)12-13-43-3)27-14-20(31(32,33)34)10-11-26(27)39(30(25)42)16-23-21-6-4-5-7-24(21)36-15-22(23)19-8-9-19/h4-7,10-11,14-15,18-19,25,35H,8-9,12-13,16-17H2,1-3H3,(H,37,41). The van der Waals surface area contributed by atoms with Gasteiger partial charge in [0.15, 0.2) is 0 Å². The lowest BCUT2D eigenvalue weighted by Gasteiger charge is -2.28. The summed E-state index contributed by atoms with van der Waals surface area (Å²) in [7, 11) is 3.00. The SMILES string of the molecule is CNC(C)C(=O)NC1CN(C(=O)CCOC)c2cc(C(F)(F)F)ccc2N(Cc2c(C3CC3)cnc3ccccc23)C1=O. The number of carbonyl (C=O) groups excluding carboxylic acids is 3. The first-order chi connectivity index (χ1) is 20.5. The molecule has 12 heteroatoms. The van der Waals surface area contributed by atoms with Gasteiger partial charge in [0.1, 0.15) is 6.04 Å². The molecule has 1 aliphatic heterocycles. The number of pyridine rings is 1. The minimum atomic E-state index is -4.69. The predicted octanol–water partition coefficient (Wildman–Crippen LogP) is 4.14. The van der Waals surface area contributed by atoms with Crippen LogP contribution in [-0.2, 0) is 31.8 Å². The third-order valence-electron chi connectivity index (χ3n) is 8.03. The smallest absolute Gasteiger partial charge is 0.384 e. The van der Waals surface area contributed by atoms with Crippen LogP contribution in [-0.4, -0.2) is 62.1 Å². The van der Waals surface area contributed by atoms with Crippen molar-refractivity contribution in [3.8, 4) is 0 Å². The van der Waals surface area contributed by atoms with Crippen molar-refractivity contribution in [2.75, 3.05) is 37.1 Å². The van der Waals surface area contributed by atoms with Gasteiger partial charge in [-0.1, -0.05) is 18.2 Å². The lowest BCUT2D eigenvalue weighted by atomic mass is 9.99. The van der Waals surface area contributed by atoms with Gasteiger partial charge in [-0.15, -0.1) is 0 Å². The van der Waals surface area contributed by atoms with Crippen molar-refractivity contribution >= 4 is 40.0 Å². The molecule has 2 unspecified atom stereocenters. The second-order valence-corrected chi connectivity index (χ2v) is 10.9. The number of methoxy groups -OCH3 is 1. The zero-order valence-electron chi connectivity index (χ0n) is 24.2. The summed E-state index contributed by atoms with van der Waals surface area (Å²) < 4.78 is 46.9. The Hall–Kier alpha value is -4.03. The molecule has 3 amide bonds. The Morgan fingerprint density at radius 1 is 1.14 bits per heavy atom. The quantitative estimate of drug-likeness (QED) is 0.385. The maximum Gasteiger partial charge on any atom is 0.416 e. The summed E-state index contributed by atoms with van der Waals surface area (Å²) in [6.07, 6.45) is -1.08. The number of alkyl halides is 3. The van der Waals surface area contributed by atoms with Crippen molar-refractivity contribution in [2.45, 2.75) is 56.9 Å². The van der Waals surface area contributed by atoms with Gasteiger partial charge in [-0.25, -0.2) is 0 Å². The summed E-state index contributed by atoms with van der Waals surface area (Å²) in [6.45, 7) is 1.31. The molecule has 1 aliphatic carbocycles. The van der Waals surface area contributed by atoms with Crippen LogP contribution in [0.2, 0.25) is 0 Å². The molecule has 9 nitrogen and oxygen atoms in total. The van der Waals surface area contributed by atoms with Crippen LogP contribution < -0.4 is 20.4 Å². The van der Waals surface area contributed by atoms with Crippen LogP contribution in [0.3, 0.4) is 0 Å². The molecular formula is C31H34F3N5O4. The average Bonchev–Trinajstić information content (AvgIpc) is 3.85. The van der Waals surface area contributed by atoms with Crippen LogP contribution in [0.1, 0.15) is 48.8 Å². The van der Waals surface area contributed by atoms with Crippen LogP contribution >= 0.6 is 0 Å². The molecule has 0 radical (unpaired) electrons. The van der Waals surface area contributed by atoms with Gasteiger partial charge in [0.2, 0.25) is 11.8 Å². The van der Waals surface area contributed by atoms with Crippen molar-refractivity contribution in [1.82, 2.24) is 15.6 Å². The Labute approximate surface area is 247 Å². The predicted molar refractivity (Wildman–Crippen MR) is 156 cm³/mol. The number of anilines is 2. The number of hydrogen-bond donors (Lipinski definition) is 2. The lowest BCUT2D eigenvalue weighted by Crippen LogP contribution is -2.55. The molecule has 0 spiro atoms. The zero-order valence-corrected chi connectivity index (χ0v) is 24.2. The summed E-state index contributed by atoms with van der Waals surface area (Å²) >= 11 is 0. The van der Waals surface area contributed by atoms with E-state index in [1.54, 1.807) is 20.2 Å². The minimum absolute atomic E-state index is 0.0140. The number of amides is 3. The lowest BCUT2D eigenvalue weighted by molar-refractivity contribution is -0.137. The van der Waals surface area contributed by atoms with E-state index in [2.05, 4.69) is 15.6 Å². The summed E-state index contributed by atoms with van der Waals surface area (Å²) in [5.74, 6) is -1.30. The summed E-state index contributed by atoms with van der Waals surface area (Å²) in [6, 6.07) is 8.65. The molecule has 0 bridgehead atoms. The number of ether oxygens (including phenoxy) is 1. The molecule has 3 aromatic rings. The van der Waals surface area contributed by atoms with E-state index in [9.17, 15) is 27.6 Å². The van der Waals surface area contributed by atoms with Crippen LogP contribution in [0.25, 0.3) is 10.9 Å². The van der Waals surface area contributed by atoms with Gasteiger partial charge < -0.3 is 25.2 Å². The van der Waals surface area contributed by atoms with E-state index in [-0.39, 0.29) is 43.4 Å². The molecule has 1 aromatic heterocycles. The second-order valence-electron chi connectivity index (χ2n) is 10.9. The minimum Gasteiger partial charge on any atom is -0.384 e. The number of nitrogens with one attached hydrogen (secondary N) is 2. The molecular weight excluding hydrogens is 563 g/mol. The molecule has 43 heavy (non-hydrogen) atoms. The van der Waals surface area contributed by atoms with Crippen molar-refractivity contribution in [3.05, 3.63) is 65.4 Å². The topological polar surface area (TPSA) is 104 Å². The van der Waals surface area contributed by atoms with Crippen LogP contribution in [0, 0.1) is 0 Å². The normalized spacial score (nSPS) is 17.9. The third-order valence-corrected chi connectivity index (χ3v) is 8.03. The van der Waals surface area contributed by atoms with Crippen LogP contribution in [0.15, 0.2) is 48.7 Å². The Kier molecular flexibility index (Phi) is 8.70. The van der Waals surface area contributed by atoms with Gasteiger partial charge >= 0.3 is 6.18 Å². The molecule has 0 saturated heterocycles. The Morgan fingerprint density at radius 2 is 1.88 bits per heavy atom. The van der Waals surface area contributed by atoms with Crippen molar-refractivity contribution in [1.29, 1.82) is 0 Å². The molecule has 1 saturated carbocycles.